The monoisotopic (exact) mass is 945 g/mol. The van der Waals surface area contributed by atoms with Crippen LogP contribution in [0.25, 0.3) is 66.6 Å². The molecule has 0 bridgehead atoms. The Morgan fingerprint density at radius 2 is 1.10 bits per heavy atom. The number of hydrogen-bond donors (Lipinski definition) is 0. The van der Waals surface area contributed by atoms with E-state index in [1.165, 1.54) is 10.1 Å². The van der Waals surface area contributed by atoms with Gasteiger partial charge in [-0.2, -0.15) is 0 Å². The third kappa shape index (κ3) is 7.62. The van der Waals surface area contributed by atoms with Gasteiger partial charge in [-0.25, -0.2) is 4.98 Å². The van der Waals surface area contributed by atoms with Crippen LogP contribution in [0.15, 0.2) is 237 Å². The molecule has 73 heavy (non-hydrogen) atoms. The molecule has 0 amide bonds. The van der Waals surface area contributed by atoms with E-state index in [0.717, 1.165) is 78.1 Å². The predicted molar refractivity (Wildman–Crippen MR) is 301 cm³/mol. The lowest BCUT2D eigenvalue weighted by Crippen LogP contribution is -2.53. The third-order valence-electron chi connectivity index (χ3n) is 14.1. The molecule has 13 rings (SSSR count). The number of para-hydroxylation sites is 7. The van der Waals surface area contributed by atoms with E-state index in [0.29, 0.717) is 28.2 Å². The largest absolute Gasteiger partial charge is 0.458 e. The van der Waals surface area contributed by atoms with Crippen molar-refractivity contribution in [2.24, 2.45) is 6.98 Å². The molecule has 0 saturated heterocycles. The molecule has 0 spiro atoms. The fourth-order valence-corrected chi connectivity index (χ4v) is 10.8. The van der Waals surface area contributed by atoms with E-state index in [4.69, 9.17) is 13.8 Å². The smallest absolute Gasteiger partial charge is 0.420 e. The summed E-state index contributed by atoms with van der Waals surface area (Å²) in [5.41, 5.74) is 14.3. The van der Waals surface area contributed by atoms with Crippen LogP contribution in [0.2, 0.25) is 0 Å². The van der Waals surface area contributed by atoms with Crippen LogP contribution < -0.4 is 24.4 Å². The highest BCUT2D eigenvalue weighted by atomic mass is 16.5. The molecular formula is C65H51BN6O. The molecule has 4 heterocycles. The van der Waals surface area contributed by atoms with E-state index in [-0.39, 0.29) is 5.41 Å². The van der Waals surface area contributed by atoms with Gasteiger partial charge in [-0.05, 0) is 94.3 Å². The van der Waals surface area contributed by atoms with E-state index in [1.54, 1.807) is 0 Å². The van der Waals surface area contributed by atoms with Gasteiger partial charge in [-0.3, -0.25) is 4.57 Å². The van der Waals surface area contributed by atoms with Crippen molar-refractivity contribution in [3.8, 4) is 45.3 Å². The summed E-state index contributed by atoms with van der Waals surface area (Å²) in [6.07, 6.45) is 5.17. The Bertz CT molecular complexity index is 4060. The standard InChI is InChI=1S/C65H51BN6O/c1-65(2,3)47-37-38-67-64(39-47)70-56-28-14-13-27-54(56)55-36-35-50(43-63(55)70)73-51-41-48(40-49(42-51)69-44-68(4)59-31-17-18-32-60(59)69)66-71(57-29-15-11-25-52(57)45-21-7-5-8-22-45)61-33-19-20-34-62(61)72(66)58-30-16-12-26-53(58)46-23-9-6-10-24-46/h5-43H,1-4H3/i4D3. The lowest BCUT2D eigenvalue weighted by Gasteiger charge is -2.33. The molecule has 1 aliphatic rings. The number of hydrogen-bond acceptors (Lipinski definition) is 4. The Labute approximate surface area is 430 Å². The van der Waals surface area contributed by atoms with Gasteiger partial charge >= 0.3 is 6.98 Å². The summed E-state index contributed by atoms with van der Waals surface area (Å²) in [6.45, 7) is 3.64. The number of aromatic nitrogens is 4. The summed E-state index contributed by atoms with van der Waals surface area (Å²) < 4.78 is 38.5. The Balaban J connectivity index is 1.07. The number of benzene rings is 9. The minimum Gasteiger partial charge on any atom is -0.458 e. The first-order valence-corrected chi connectivity index (χ1v) is 24.7. The second kappa shape index (κ2) is 17.6. The van der Waals surface area contributed by atoms with Gasteiger partial charge in [-0.1, -0.05) is 178 Å². The molecule has 350 valence electrons. The molecule has 0 saturated carbocycles. The molecule has 1 aliphatic heterocycles. The first kappa shape index (κ1) is 40.6. The van der Waals surface area contributed by atoms with E-state index in [2.05, 4.69) is 223 Å². The van der Waals surface area contributed by atoms with E-state index in [9.17, 15) is 0 Å². The summed E-state index contributed by atoms with van der Waals surface area (Å²) in [7, 11) is 0. The summed E-state index contributed by atoms with van der Waals surface area (Å²) in [5.74, 6) is 2.00. The van der Waals surface area contributed by atoms with Crippen LogP contribution in [-0.2, 0) is 12.4 Å². The second-order valence-electron chi connectivity index (χ2n) is 19.7. The Morgan fingerprint density at radius 3 is 1.75 bits per heavy atom. The van der Waals surface area contributed by atoms with Gasteiger partial charge in [0.1, 0.15) is 17.3 Å². The lowest BCUT2D eigenvalue weighted by molar-refractivity contribution is -0.649. The third-order valence-corrected chi connectivity index (χ3v) is 14.1. The van der Waals surface area contributed by atoms with Crippen LogP contribution in [0.4, 0.5) is 22.7 Å². The average molecular weight is 946 g/mol. The zero-order chi connectivity index (χ0) is 51.7. The Morgan fingerprint density at radius 1 is 0.521 bits per heavy atom. The van der Waals surface area contributed by atoms with Gasteiger partial charge in [-0.15, -0.1) is 0 Å². The maximum absolute atomic E-state index is 8.63. The normalized spacial score (nSPS) is 13.4. The topological polar surface area (TPSA) is 42.3 Å². The van der Waals surface area contributed by atoms with E-state index >= 15 is 0 Å². The fourth-order valence-electron chi connectivity index (χ4n) is 10.8. The number of pyridine rings is 1. The molecule has 0 N–H and O–H groups in total. The van der Waals surface area contributed by atoms with Crippen LogP contribution in [0, 0.1) is 6.33 Å². The Kier molecular flexibility index (Phi) is 9.79. The van der Waals surface area contributed by atoms with E-state index < -0.39 is 14.0 Å². The first-order valence-electron chi connectivity index (χ1n) is 26.2. The highest BCUT2D eigenvalue weighted by Crippen LogP contribution is 2.50. The van der Waals surface area contributed by atoms with Crippen molar-refractivity contribution in [1.29, 1.82) is 0 Å². The SMILES string of the molecule is [2H]C([2H])([2H])[n+]1[c-]n(-c2cc(Oc3ccc4c5ccccc5n(-c5cc(C(C)(C)C)ccn5)c4c3)cc(B3N(c4ccccc4-c4ccccc4)c4ccccc4N3c3ccccc3-c3ccccc3)c2)c2ccccc21. The molecule has 0 radical (unpaired) electrons. The molecule has 12 aromatic rings. The second-order valence-corrected chi connectivity index (χ2v) is 19.7. The van der Waals surface area contributed by atoms with Gasteiger partial charge < -0.3 is 23.5 Å². The molecular weight excluding hydrogens is 892 g/mol. The number of fused-ring (bicyclic) bond motifs is 5. The van der Waals surface area contributed by atoms with Gasteiger partial charge in [0.15, 0.2) is 0 Å². The number of rotatable bonds is 9. The molecule has 0 fully saturated rings. The van der Waals surface area contributed by atoms with Gasteiger partial charge in [0, 0.05) is 45.5 Å². The van der Waals surface area contributed by atoms with E-state index in [1.807, 2.05) is 59.3 Å². The summed E-state index contributed by atoms with van der Waals surface area (Å²) in [5, 5.41) is 2.19. The van der Waals surface area contributed by atoms with Gasteiger partial charge in [0.2, 0.25) is 6.33 Å². The van der Waals surface area contributed by atoms with Crippen LogP contribution in [-0.4, -0.2) is 21.1 Å². The van der Waals surface area contributed by atoms with Gasteiger partial charge in [0.25, 0.3) is 0 Å². The Hall–Kier alpha value is -9.14. The zero-order valence-electron chi connectivity index (χ0n) is 43.7. The van der Waals surface area contributed by atoms with Crippen molar-refractivity contribution in [2.75, 3.05) is 9.62 Å². The van der Waals surface area contributed by atoms with Crippen molar-refractivity contribution in [2.45, 2.75) is 26.2 Å². The predicted octanol–water partition coefficient (Wildman–Crippen LogP) is 14.9. The minimum absolute atomic E-state index is 0.0855. The maximum atomic E-state index is 8.63. The molecule has 9 aromatic carbocycles. The highest BCUT2D eigenvalue weighted by molar-refractivity contribution is 6.84. The summed E-state index contributed by atoms with van der Waals surface area (Å²) in [4.78, 5) is 9.82. The molecule has 7 nitrogen and oxygen atoms in total. The molecule has 3 aromatic heterocycles. The van der Waals surface area contributed by atoms with Crippen LogP contribution in [0.3, 0.4) is 0 Å². The highest BCUT2D eigenvalue weighted by Gasteiger charge is 2.45. The van der Waals surface area contributed by atoms with Crippen LogP contribution in [0.5, 0.6) is 11.5 Å². The van der Waals surface area contributed by atoms with Crippen molar-refractivity contribution in [1.82, 2.24) is 14.1 Å². The number of aryl methyl sites for hydroxylation is 1. The molecule has 0 aliphatic carbocycles. The summed E-state index contributed by atoms with van der Waals surface area (Å²) >= 11 is 0. The number of ether oxygens (including phenoxy) is 1. The molecule has 0 unspecified atom stereocenters. The molecule has 0 atom stereocenters. The quantitative estimate of drug-likeness (QED) is 0.0821. The molecule has 8 heteroatoms. The maximum Gasteiger partial charge on any atom is 0.420 e. The lowest BCUT2D eigenvalue weighted by atomic mass is 9.63. The fraction of sp³-hybridized carbons (Fsp3) is 0.0769. The van der Waals surface area contributed by atoms with Gasteiger partial charge in [0.05, 0.1) is 50.2 Å². The number of anilines is 4. The number of imidazole rings is 1. The van der Waals surface area contributed by atoms with Crippen LogP contribution >= 0.6 is 0 Å². The zero-order valence-corrected chi connectivity index (χ0v) is 40.7. The number of nitrogens with zero attached hydrogens (tertiary/aromatic N) is 6. The van der Waals surface area contributed by atoms with Crippen molar-refractivity contribution >= 4 is 68.0 Å². The van der Waals surface area contributed by atoms with Crippen LogP contribution in [0.1, 0.15) is 30.4 Å². The average Bonchev–Trinajstić information content (AvgIpc) is 4.29. The first-order chi connectivity index (χ1) is 37.0. The minimum atomic E-state index is -2.50. The van der Waals surface area contributed by atoms with Crippen molar-refractivity contribution in [3.63, 3.8) is 0 Å². The van der Waals surface area contributed by atoms with Crippen molar-refractivity contribution in [3.05, 3.63) is 249 Å². The summed E-state index contributed by atoms with van der Waals surface area (Å²) in [6, 6.07) is 79.6. The van der Waals surface area contributed by atoms with Crippen molar-refractivity contribution < 1.29 is 13.4 Å².